The highest BCUT2D eigenvalue weighted by molar-refractivity contribution is 7.89. The topological polar surface area (TPSA) is 76.1 Å². The van der Waals surface area contributed by atoms with Crippen molar-refractivity contribution in [1.82, 2.24) is 9.71 Å². The second kappa shape index (κ2) is 4.61. The Morgan fingerprint density at radius 2 is 2.06 bits per heavy atom. The molecule has 88 valence electrons. The number of carbonyl (C=O) groups excluding carboxylic acids is 1. The van der Waals surface area contributed by atoms with E-state index < -0.39 is 15.9 Å². The summed E-state index contributed by atoms with van der Waals surface area (Å²) in [7, 11) is -3.55. The first-order chi connectivity index (χ1) is 7.31. The molecule has 0 spiro atoms. The predicted octanol–water partition coefficient (Wildman–Crippen LogP) is 0.894. The average Bonchev–Trinajstić information content (AvgIpc) is 2.15. The van der Waals surface area contributed by atoms with Gasteiger partial charge in [-0.15, -0.1) is 0 Å². The summed E-state index contributed by atoms with van der Waals surface area (Å²) in [6.07, 6.45) is 2.39. The number of sulfonamides is 1. The largest absolute Gasteiger partial charge is 0.283 e. The van der Waals surface area contributed by atoms with Gasteiger partial charge in [-0.25, -0.2) is 13.1 Å². The smallest absolute Gasteiger partial charge is 0.266 e. The van der Waals surface area contributed by atoms with Gasteiger partial charge in [-0.3, -0.25) is 9.78 Å². The summed E-state index contributed by atoms with van der Waals surface area (Å²) >= 11 is 0. The molecule has 1 heterocycles. The van der Waals surface area contributed by atoms with E-state index in [1.54, 1.807) is 12.1 Å². The fraction of sp³-hybridized carbons (Fsp3) is 0.400. The van der Waals surface area contributed by atoms with Gasteiger partial charge in [0, 0.05) is 6.20 Å². The van der Waals surface area contributed by atoms with E-state index in [4.69, 9.17) is 0 Å². The first kappa shape index (κ1) is 12.6. The number of carbonyl (C=O) groups is 1. The summed E-state index contributed by atoms with van der Waals surface area (Å²) < 4.78 is 23.8. The SMILES string of the molecule is CC(C)c1cccnc1C(=O)NS(C)(=O)=O. The van der Waals surface area contributed by atoms with Gasteiger partial charge in [0.1, 0.15) is 5.69 Å². The van der Waals surface area contributed by atoms with Crippen LogP contribution in [0.3, 0.4) is 0 Å². The Balaban J connectivity index is 3.09. The van der Waals surface area contributed by atoms with Crippen molar-refractivity contribution in [1.29, 1.82) is 0 Å². The molecule has 6 heteroatoms. The molecule has 0 aliphatic heterocycles. The van der Waals surface area contributed by atoms with Crippen molar-refractivity contribution in [2.24, 2.45) is 0 Å². The van der Waals surface area contributed by atoms with Crippen LogP contribution in [0.2, 0.25) is 0 Å². The Morgan fingerprint density at radius 3 is 2.56 bits per heavy atom. The quantitative estimate of drug-likeness (QED) is 0.854. The first-order valence-electron chi connectivity index (χ1n) is 4.78. The normalized spacial score (nSPS) is 11.5. The van der Waals surface area contributed by atoms with Gasteiger partial charge < -0.3 is 0 Å². The highest BCUT2D eigenvalue weighted by Crippen LogP contribution is 2.17. The zero-order valence-electron chi connectivity index (χ0n) is 9.39. The van der Waals surface area contributed by atoms with E-state index in [2.05, 4.69) is 4.98 Å². The molecule has 0 fully saturated rings. The highest BCUT2D eigenvalue weighted by Gasteiger charge is 2.17. The van der Waals surface area contributed by atoms with Crippen LogP contribution in [0.5, 0.6) is 0 Å². The van der Waals surface area contributed by atoms with Crippen LogP contribution in [-0.4, -0.2) is 25.6 Å². The van der Waals surface area contributed by atoms with E-state index in [0.717, 1.165) is 11.8 Å². The summed E-state index contributed by atoms with van der Waals surface area (Å²) in [6.45, 7) is 3.82. The van der Waals surface area contributed by atoms with Gasteiger partial charge in [0.2, 0.25) is 10.0 Å². The lowest BCUT2D eigenvalue weighted by Crippen LogP contribution is -2.31. The molecule has 16 heavy (non-hydrogen) atoms. The van der Waals surface area contributed by atoms with Gasteiger partial charge in [0.25, 0.3) is 5.91 Å². The van der Waals surface area contributed by atoms with E-state index in [9.17, 15) is 13.2 Å². The molecule has 0 unspecified atom stereocenters. The fourth-order valence-corrected chi connectivity index (χ4v) is 1.72. The number of amides is 1. The number of hydrogen-bond acceptors (Lipinski definition) is 4. The van der Waals surface area contributed by atoms with Crippen LogP contribution in [0.15, 0.2) is 18.3 Å². The van der Waals surface area contributed by atoms with Crippen LogP contribution < -0.4 is 4.72 Å². The molecule has 5 nitrogen and oxygen atoms in total. The van der Waals surface area contributed by atoms with E-state index in [1.165, 1.54) is 6.20 Å². The second-order valence-electron chi connectivity index (χ2n) is 3.80. The lowest BCUT2D eigenvalue weighted by atomic mass is 10.0. The summed E-state index contributed by atoms with van der Waals surface area (Å²) in [4.78, 5) is 15.5. The highest BCUT2D eigenvalue weighted by atomic mass is 32.2. The Hall–Kier alpha value is -1.43. The monoisotopic (exact) mass is 242 g/mol. The Labute approximate surface area is 94.9 Å². The minimum absolute atomic E-state index is 0.106. The molecule has 0 aliphatic rings. The Morgan fingerprint density at radius 1 is 1.44 bits per heavy atom. The van der Waals surface area contributed by atoms with Crippen molar-refractivity contribution in [3.8, 4) is 0 Å². The van der Waals surface area contributed by atoms with Crippen LogP contribution in [0.1, 0.15) is 35.8 Å². The number of nitrogens with one attached hydrogen (secondary N) is 1. The zero-order chi connectivity index (χ0) is 12.3. The molecule has 0 saturated heterocycles. The lowest BCUT2D eigenvalue weighted by molar-refractivity contribution is 0.0975. The second-order valence-corrected chi connectivity index (χ2v) is 5.55. The minimum atomic E-state index is -3.55. The number of hydrogen-bond donors (Lipinski definition) is 1. The number of pyridine rings is 1. The van der Waals surface area contributed by atoms with Crippen molar-refractivity contribution in [3.63, 3.8) is 0 Å². The molecule has 1 amide bonds. The van der Waals surface area contributed by atoms with Crippen molar-refractivity contribution in [3.05, 3.63) is 29.6 Å². The van der Waals surface area contributed by atoms with Crippen LogP contribution in [0.25, 0.3) is 0 Å². The standard InChI is InChI=1S/C10H14N2O3S/c1-7(2)8-5-4-6-11-9(8)10(13)12-16(3,14)15/h4-7H,1-3H3,(H,12,13). The number of aromatic nitrogens is 1. The molecule has 1 aromatic heterocycles. The molecule has 1 N–H and O–H groups in total. The van der Waals surface area contributed by atoms with Gasteiger partial charge in [0.15, 0.2) is 0 Å². The molecule has 1 aromatic rings. The first-order valence-corrected chi connectivity index (χ1v) is 6.67. The lowest BCUT2D eigenvalue weighted by Gasteiger charge is -2.10. The average molecular weight is 242 g/mol. The Bertz CT molecular complexity index is 495. The van der Waals surface area contributed by atoms with E-state index >= 15 is 0 Å². The molecule has 0 saturated carbocycles. The molecular formula is C10H14N2O3S. The number of rotatable bonds is 3. The van der Waals surface area contributed by atoms with Crippen molar-refractivity contribution >= 4 is 15.9 Å². The summed E-state index contributed by atoms with van der Waals surface area (Å²) in [6, 6.07) is 3.47. The summed E-state index contributed by atoms with van der Waals surface area (Å²) in [5.74, 6) is -0.583. The van der Waals surface area contributed by atoms with Crippen molar-refractivity contribution in [2.45, 2.75) is 19.8 Å². The van der Waals surface area contributed by atoms with Crippen molar-refractivity contribution < 1.29 is 13.2 Å². The van der Waals surface area contributed by atoms with Crippen molar-refractivity contribution in [2.75, 3.05) is 6.26 Å². The molecule has 0 atom stereocenters. The molecule has 0 aromatic carbocycles. The fourth-order valence-electron chi connectivity index (χ4n) is 1.29. The van der Waals surface area contributed by atoms with Gasteiger partial charge in [0.05, 0.1) is 6.26 Å². The maximum atomic E-state index is 11.6. The maximum Gasteiger partial charge on any atom is 0.283 e. The van der Waals surface area contributed by atoms with Gasteiger partial charge in [-0.1, -0.05) is 19.9 Å². The molecule has 0 radical (unpaired) electrons. The van der Waals surface area contributed by atoms with Crippen LogP contribution in [-0.2, 0) is 10.0 Å². The van der Waals surface area contributed by atoms with Crippen LogP contribution in [0.4, 0.5) is 0 Å². The van der Waals surface area contributed by atoms with E-state index in [1.807, 2.05) is 18.6 Å². The maximum absolute atomic E-state index is 11.6. The van der Waals surface area contributed by atoms with E-state index in [-0.39, 0.29) is 11.6 Å². The molecule has 0 bridgehead atoms. The van der Waals surface area contributed by atoms with Crippen LogP contribution >= 0.6 is 0 Å². The molecule has 0 aliphatic carbocycles. The zero-order valence-corrected chi connectivity index (χ0v) is 10.2. The number of nitrogens with zero attached hydrogens (tertiary/aromatic N) is 1. The third-order valence-electron chi connectivity index (χ3n) is 1.95. The Kier molecular flexibility index (Phi) is 3.64. The summed E-state index contributed by atoms with van der Waals surface area (Å²) in [5, 5.41) is 0. The third-order valence-corrected chi connectivity index (χ3v) is 2.51. The molecular weight excluding hydrogens is 228 g/mol. The van der Waals surface area contributed by atoms with Crippen LogP contribution in [0, 0.1) is 0 Å². The van der Waals surface area contributed by atoms with E-state index in [0.29, 0.717) is 0 Å². The van der Waals surface area contributed by atoms with Gasteiger partial charge in [-0.2, -0.15) is 0 Å². The molecule has 1 rings (SSSR count). The predicted molar refractivity (Wildman–Crippen MR) is 60.6 cm³/mol. The van der Waals surface area contributed by atoms with Gasteiger partial charge in [-0.05, 0) is 17.5 Å². The third kappa shape index (κ3) is 3.30. The minimum Gasteiger partial charge on any atom is -0.266 e. The summed E-state index contributed by atoms with van der Waals surface area (Å²) in [5.41, 5.74) is 0.881. The van der Waals surface area contributed by atoms with Gasteiger partial charge >= 0.3 is 0 Å².